The minimum absolute atomic E-state index is 0.651. The molecule has 0 aliphatic carbocycles. The Morgan fingerprint density at radius 1 is 1.67 bits per heavy atom. The van der Waals surface area contributed by atoms with Crippen molar-refractivity contribution in [2.45, 2.75) is 25.3 Å². The monoisotopic (exact) mass is 146 g/mol. The van der Waals surface area contributed by atoms with Crippen molar-refractivity contribution in [3.8, 4) is 0 Å². The van der Waals surface area contributed by atoms with Gasteiger partial charge in [-0.2, -0.15) is 0 Å². The zero-order valence-electron chi connectivity index (χ0n) is 5.58. The lowest BCUT2D eigenvalue weighted by Crippen LogP contribution is -2.22. The standard InChI is InChI=1S/C6H14N2S/c7-4-3-6-2-1-5-8(6)9/h6,9H,1-5,7H2. The van der Waals surface area contributed by atoms with Crippen molar-refractivity contribution in [1.82, 2.24) is 4.31 Å². The molecule has 2 nitrogen and oxygen atoms in total. The third kappa shape index (κ3) is 1.85. The van der Waals surface area contributed by atoms with Crippen LogP contribution in [0.25, 0.3) is 0 Å². The molecular weight excluding hydrogens is 132 g/mol. The minimum Gasteiger partial charge on any atom is -0.330 e. The van der Waals surface area contributed by atoms with Gasteiger partial charge in [-0.3, -0.25) is 4.31 Å². The van der Waals surface area contributed by atoms with Crippen molar-refractivity contribution < 1.29 is 0 Å². The highest BCUT2D eigenvalue weighted by molar-refractivity contribution is 7.77. The fraction of sp³-hybridized carbons (Fsp3) is 1.00. The number of rotatable bonds is 2. The van der Waals surface area contributed by atoms with Gasteiger partial charge in [0.2, 0.25) is 0 Å². The molecule has 0 bridgehead atoms. The second-order valence-electron chi connectivity index (χ2n) is 2.54. The van der Waals surface area contributed by atoms with Crippen LogP contribution in [0.2, 0.25) is 0 Å². The lowest BCUT2D eigenvalue weighted by atomic mass is 10.2. The summed E-state index contributed by atoms with van der Waals surface area (Å²) in [7, 11) is 0. The van der Waals surface area contributed by atoms with Crippen molar-refractivity contribution in [3.63, 3.8) is 0 Å². The van der Waals surface area contributed by atoms with E-state index in [1.54, 1.807) is 0 Å². The molecule has 1 atom stereocenters. The van der Waals surface area contributed by atoms with Crippen LogP contribution in [0.4, 0.5) is 0 Å². The van der Waals surface area contributed by atoms with E-state index in [2.05, 4.69) is 17.1 Å². The molecule has 54 valence electrons. The molecule has 0 aromatic rings. The van der Waals surface area contributed by atoms with Gasteiger partial charge >= 0.3 is 0 Å². The number of nitrogens with two attached hydrogens (primary N) is 1. The Morgan fingerprint density at radius 2 is 2.44 bits per heavy atom. The van der Waals surface area contributed by atoms with E-state index >= 15 is 0 Å². The normalized spacial score (nSPS) is 29.3. The summed E-state index contributed by atoms with van der Waals surface area (Å²) in [5.41, 5.74) is 5.41. The van der Waals surface area contributed by atoms with Crippen LogP contribution in [0.3, 0.4) is 0 Å². The second kappa shape index (κ2) is 3.44. The first-order valence-electron chi connectivity index (χ1n) is 3.50. The van der Waals surface area contributed by atoms with Gasteiger partial charge in [0.15, 0.2) is 0 Å². The Hall–Kier alpha value is 0.270. The average Bonchev–Trinajstić information content (AvgIpc) is 2.18. The molecule has 1 aliphatic heterocycles. The van der Waals surface area contributed by atoms with Gasteiger partial charge in [-0.15, -0.1) is 0 Å². The summed E-state index contributed by atoms with van der Waals surface area (Å²) < 4.78 is 2.10. The molecule has 9 heavy (non-hydrogen) atoms. The van der Waals surface area contributed by atoms with Crippen LogP contribution >= 0.6 is 12.8 Å². The smallest absolute Gasteiger partial charge is 0.0212 e. The van der Waals surface area contributed by atoms with Gasteiger partial charge in [0, 0.05) is 12.6 Å². The molecule has 0 aromatic heterocycles. The number of nitrogens with zero attached hydrogens (tertiary/aromatic N) is 1. The molecule has 0 spiro atoms. The molecule has 1 heterocycles. The van der Waals surface area contributed by atoms with E-state index in [1.807, 2.05) is 0 Å². The quantitative estimate of drug-likeness (QED) is 0.560. The number of hydrogen-bond acceptors (Lipinski definition) is 3. The molecule has 1 fully saturated rings. The van der Waals surface area contributed by atoms with Gasteiger partial charge < -0.3 is 5.73 Å². The first kappa shape index (κ1) is 7.38. The van der Waals surface area contributed by atoms with Gasteiger partial charge in [0.1, 0.15) is 0 Å². The van der Waals surface area contributed by atoms with E-state index in [0.29, 0.717) is 6.04 Å². The summed E-state index contributed by atoms with van der Waals surface area (Å²) in [5, 5.41) is 0. The Bertz CT molecular complexity index is 87.1. The van der Waals surface area contributed by atoms with E-state index in [1.165, 1.54) is 12.8 Å². The highest BCUT2D eigenvalue weighted by Crippen LogP contribution is 2.20. The van der Waals surface area contributed by atoms with Gasteiger partial charge in [0.25, 0.3) is 0 Å². The fourth-order valence-corrected chi connectivity index (χ4v) is 1.68. The van der Waals surface area contributed by atoms with Gasteiger partial charge in [-0.1, -0.05) is 12.8 Å². The van der Waals surface area contributed by atoms with Gasteiger partial charge in [0.05, 0.1) is 0 Å². The molecule has 0 aromatic carbocycles. The Kier molecular flexibility index (Phi) is 2.82. The molecule has 1 saturated heterocycles. The number of thiol groups is 1. The van der Waals surface area contributed by atoms with Crippen molar-refractivity contribution in [2.24, 2.45) is 5.73 Å². The van der Waals surface area contributed by atoms with Crippen molar-refractivity contribution in [3.05, 3.63) is 0 Å². The Labute approximate surface area is 61.9 Å². The first-order chi connectivity index (χ1) is 4.34. The zero-order chi connectivity index (χ0) is 6.69. The van der Waals surface area contributed by atoms with Crippen LogP contribution in [0.5, 0.6) is 0 Å². The van der Waals surface area contributed by atoms with Crippen LogP contribution < -0.4 is 5.73 Å². The van der Waals surface area contributed by atoms with Crippen molar-refractivity contribution in [1.29, 1.82) is 0 Å². The molecule has 0 radical (unpaired) electrons. The molecule has 0 saturated carbocycles. The predicted octanol–water partition coefficient (Wildman–Crippen LogP) is 0.644. The predicted molar refractivity (Wildman–Crippen MR) is 42.4 cm³/mol. The molecule has 1 unspecified atom stereocenters. The first-order valence-corrected chi connectivity index (χ1v) is 3.90. The maximum atomic E-state index is 5.41. The molecule has 3 heteroatoms. The van der Waals surface area contributed by atoms with Gasteiger partial charge in [-0.25, -0.2) is 0 Å². The minimum atomic E-state index is 0.651. The van der Waals surface area contributed by atoms with Crippen LogP contribution in [-0.2, 0) is 0 Å². The zero-order valence-corrected chi connectivity index (χ0v) is 6.48. The fourth-order valence-electron chi connectivity index (χ4n) is 1.31. The maximum Gasteiger partial charge on any atom is 0.0212 e. The summed E-state index contributed by atoms with van der Waals surface area (Å²) in [6, 6.07) is 0.651. The second-order valence-corrected chi connectivity index (χ2v) is 3.05. The van der Waals surface area contributed by atoms with E-state index in [4.69, 9.17) is 5.73 Å². The highest BCUT2D eigenvalue weighted by Gasteiger charge is 2.19. The van der Waals surface area contributed by atoms with Crippen LogP contribution in [0.15, 0.2) is 0 Å². The third-order valence-corrected chi connectivity index (χ3v) is 2.37. The van der Waals surface area contributed by atoms with Crippen LogP contribution in [-0.4, -0.2) is 23.4 Å². The lowest BCUT2D eigenvalue weighted by Gasteiger charge is -2.16. The topological polar surface area (TPSA) is 29.3 Å². The largest absolute Gasteiger partial charge is 0.330 e. The number of hydrogen-bond donors (Lipinski definition) is 2. The molecule has 1 rings (SSSR count). The molecular formula is C6H14N2S. The van der Waals surface area contributed by atoms with E-state index in [9.17, 15) is 0 Å². The molecule has 2 N–H and O–H groups in total. The summed E-state index contributed by atoms with van der Waals surface area (Å²) in [6.45, 7) is 1.93. The Balaban J connectivity index is 2.22. The third-order valence-electron chi connectivity index (χ3n) is 1.85. The average molecular weight is 146 g/mol. The van der Waals surface area contributed by atoms with Gasteiger partial charge in [-0.05, 0) is 25.8 Å². The van der Waals surface area contributed by atoms with Crippen molar-refractivity contribution >= 4 is 12.8 Å². The highest BCUT2D eigenvalue weighted by atomic mass is 32.1. The van der Waals surface area contributed by atoms with E-state index in [0.717, 1.165) is 19.5 Å². The van der Waals surface area contributed by atoms with E-state index in [-0.39, 0.29) is 0 Å². The van der Waals surface area contributed by atoms with Crippen molar-refractivity contribution in [2.75, 3.05) is 13.1 Å². The summed E-state index contributed by atoms with van der Waals surface area (Å²) in [6.07, 6.45) is 3.67. The lowest BCUT2D eigenvalue weighted by molar-refractivity contribution is 0.421. The molecule has 1 aliphatic rings. The van der Waals surface area contributed by atoms with Crippen LogP contribution in [0.1, 0.15) is 19.3 Å². The Morgan fingerprint density at radius 3 is 2.89 bits per heavy atom. The summed E-state index contributed by atoms with van der Waals surface area (Å²) >= 11 is 4.30. The maximum absolute atomic E-state index is 5.41. The SMILES string of the molecule is NCCC1CCCN1S. The van der Waals surface area contributed by atoms with E-state index < -0.39 is 0 Å². The van der Waals surface area contributed by atoms with Crippen LogP contribution in [0, 0.1) is 0 Å². The summed E-state index contributed by atoms with van der Waals surface area (Å²) in [5.74, 6) is 0. The summed E-state index contributed by atoms with van der Waals surface area (Å²) in [4.78, 5) is 0. The molecule has 0 amide bonds.